The van der Waals surface area contributed by atoms with Crippen LogP contribution >= 0.6 is 0 Å². The summed E-state index contributed by atoms with van der Waals surface area (Å²) in [5, 5.41) is 11.6. The molecule has 1 aliphatic rings. The van der Waals surface area contributed by atoms with Crippen LogP contribution < -0.4 is 5.32 Å². The Bertz CT molecular complexity index is 312. The van der Waals surface area contributed by atoms with Gasteiger partial charge in [0.15, 0.2) is 0 Å². The van der Waals surface area contributed by atoms with Gasteiger partial charge in [-0.25, -0.2) is 9.59 Å². The molecule has 0 aromatic carbocycles. The molecule has 1 heterocycles. The minimum atomic E-state index is -0.962. The van der Waals surface area contributed by atoms with Crippen molar-refractivity contribution in [1.29, 1.82) is 0 Å². The molecule has 0 aliphatic carbocycles. The Hall–Kier alpha value is -1.30. The smallest absolute Gasteiger partial charge is 0.326 e. The molecule has 1 fully saturated rings. The van der Waals surface area contributed by atoms with Crippen molar-refractivity contribution < 1.29 is 14.7 Å². The van der Waals surface area contributed by atoms with Crippen LogP contribution in [0.15, 0.2) is 0 Å². The molecule has 0 aromatic rings. The molecule has 1 aliphatic heterocycles. The summed E-state index contributed by atoms with van der Waals surface area (Å²) in [5.74, 6) is -0.962. The zero-order valence-electron chi connectivity index (χ0n) is 12.1. The second-order valence-corrected chi connectivity index (χ2v) is 5.25. The second-order valence-electron chi connectivity index (χ2n) is 5.25. The van der Waals surface area contributed by atoms with Crippen LogP contribution in [0, 0.1) is 0 Å². The van der Waals surface area contributed by atoms with Crippen molar-refractivity contribution in [2.45, 2.75) is 45.7 Å². The average Bonchev–Trinajstić information content (AvgIpc) is 2.38. The first-order valence-electron chi connectivity index (χ1n) is 6.98. The molecule has 1 saturated heterocycles. The van der Waals surface area contributed by atoms with Crippen LogP contribution in [0.25, 0.3) is 0 Å². The van der Waals surface area contributed by atoms with Gasteiger partial charge < -0.3 is 15.3 Å². The average molecular weight is 271 g/mol. The quantitative estimate of drug-likeness (QED) is 0.781. The lowest BCUT2D eigenvalue weighted by molar-refractivity contribution is -0.139. The molecule has 19 heavy (non-hydrogen) atoms. The van der Waals surface area contributed by atoms with Gasteiger partial charge in [-0.15, -0.1) is 0 Å². The van der Waals surface area contributed by atoms with E-state index in [0.29, 0.717) is 25.6 Å². The number of amides is 2. The van der Waals surface area contributed by atoms with E-state index in [1.54, 1.807) is 4.90 Å². The Balaban J connectivity index is 2.44. The van der Waals surface area contributed by atoms with Gasteiger partial charge in [-0.2, -0.15) is 0 Å². The lowest BCUT2D eigenvalue weighted by Crippen LogP contribution is -2.55. The van der Waals surface area contributed by atoms with E-state index in [1.807, 2.05) is 6.92 Å². The predicted octanol–water partition coefficient (Wildman–Crippen LogP) is 0.975. The molecule has 2 amide bonds. The number of piperazine rings is 1. The molecule has 0 radical (unpaired) electrons. The number of nitrogens with one attached hydrogen (secondary N) is 1. The fourth-order valence-electron chi connectivity index (χ4n) is 2.23. The Morgan fingerprint density at radius 2 is 1.79 bits per heavy atom. The fourth-order valence-corrected chi connectivity index (χ4v) is 2.23. The summed E-state index contributed by atoms with van der Waals surface area (Å²) >= 11 is 0. The standard InChI is InChI=1S/C13H25N3O3/c1-4-5-11(12(17)18)14-13(19)16-8-6-15(7-9-16)10(2)3/h10-11H,4-9H2,1-3H3,(H,14,19)(H,17,18). The number of urea groups is 1. The zero-order chi connectivity index (χ0) is 14.4. The van der Waals surface area contributed by atoms with Crippen LogP contribution in [0.4, 0.5) is 4.79 Å². The minimum absolute atomic E-state index is 0.260. The molecular weight excluding hydrogens is 246 g/mol. The Morgan fingerprint density at radius 3 is 2.21 bits per heavy atom. The maximum Gasteiger partial charge on any atom is 0.326 e. The lowest BCUT2D eigenvalue weighted by atomic mass is 10.2. The number of rotatable bonds is 5. The van der Waals surface area contributed by atoms with Gasteiger partial charge in [0.2, 0.25) is 0 Å². The third-order valence-corrected chi connectivity index (χ3v) is 3.50. The highest BCUT2D eigenvalue weighted by atomic mass is 16.4. The maximum atomic E-state index is 12.0. The van der Waals surface area contributed by atoms with Crippen molar-refractivity contribution in [1.82, 2.24) is 15.1 Å². The number of carboxylic acid groups (broad SMARTS) is 1. The normalized spacial score (nSPS) is 18.4. The van der Waals surface area contributed by atoms with Gasteiger partial charge in [0, 0.05) is 32.2 Å². The van der Waals surface area contributed by atoms with Crippen LogP contribution in [0.1, 0.15) is 33.6 Å². The number of carboxylic acids is 1. The molecule has 6 nitrogen and oxygen atoms in total. The van der Waals surface area contributed by atoms with Crippen LogP contribution in [-0.4, -0.2) is 65.2 Å². The third-order valence-electron chi connectivity index (χ3n) is 3.50. The SMILES string of the molecule is CCCC(NC(=O)N1CCN(C(C)C)CC1)C(=O)O. The van der Waals surface area contributed by atoms with E-state index < -0.39 is 12.0 Å². The lowest BCUT2D eigenvalue weighted by Gasteiger charge is -2.37. The molecule has 2 N–H and O–H groups in total. The molecule has 1 rings (SSSR count). The van der Waals surface area contributed by atoms with Crippen molar-refractivity contribution in [2.75, 3.05) is 26.2 Å². The van der Waals surface area contributed by atoms with Crippen LogP contribution in [0.3, 0.4) is 0 Å². The molecule has 110 valence electrons. The van der Waals surface area contributed by atoms with E-state index >= 15 is 0 Å². The maximum absolute atomic E-state index is 12.0. The molecule has 0 aromatic heterocycles. The Morgan fingerprint density at radius 1 is 1.21 bits per heavy atom. The molecular formula is C13H25N3O3. The van der Waals surface area contributed by atoms with E-state index in [4.69, 9.17) is 5.11 Å². The molecule has 0 saturated carbocycles. The van der Waals surface area contributed by atoms with Crippen LogP contribution in [0.5, 0.6) is 0 Å². The molecule has 1 unspecified atom stereocenters. The summed E-state index contributed by atoms with van der Waals surface area (Å²) in [6.45, 7) is 9.18. The van der Waals surface area contributed by atoms with E-state index in [2.05, 4.69) is 24.1 Å². The van der Waals surface area contributed by atoms with Crippen molar-refractivity contribution in [3.05, 3.63) is 0 Å². The van der Waals surface area contributed by atoms with E-state index in [1.165, 1.54) is 0 Å². The van der Waals surface area contributed by atoms with Gasteiger partial charge in [0.05, 0.1) is 0 Å². The van der Waals surface area contributed by atoms with Gasteiger partial charge in [-0.1, -0.05) is 13.3 Å². The second kappa shape index (κ2) is 7.33. The van der Waals surface area contributed by atoms with Crippen molar-refractivity contribution in [3.8, 4) is 0 Å². The summed E-state index contributed by atoms with van der Waals surface area (Å²) in [4.78, 5) is 27.0. The van der Waals surface area contributed by atoms with Gasteiger partial charge in [-0.3, -0.25) is 4.90 Å². The molecule has 1 atom stereocenters. The first-order valence-corrected chi connectivity index (χ1v) is 6.98. The fraction of sp³-hybridized carbons (Fsp3) is 0.846. The molecule has 0 bridgehead atoms. The van der Waals surface area contributed by atoms with Gasteiger partial charge in [0.1, 0.15) is 6.04 Å². The highest BCUT2D eigenvalue weighted by molar-refractivity contribution is 5.82. The summed E-state index contributed by atoms with van der Waals surface area (Å²) in [5.41, 5.74) is 0. The van der Waals surface area contributed by atoms with E-state index in [9.17, 15) is 9.59 Å². The van der Waals surface area contributed by atoms with Gasteiger partial charge >= 0.3 is 12.0 Å². The number of hydrogen-bond donors (Lipinski definition) is 2. The summed E-state index contributed by atoms with van der Waals surface area (Å²) in [6.07, 6.45) is 1.20. The Labute approximate surface area is 114 Å². The minimum Gasteiger partial charge on any atom is -0.480 e. The summed E-state index contributed by atoms with van der Waals surface area (Å²) in [6, 6.07) is -0.554. The zero-order valence-corrected chi connectivity index (χ0v) is 12.1. The van der Waals surface area contributed by atoms with Crippen molar-refractivity contribution in [3.63, 3.8) is 0 Å². The number of carbonyl (C=O) groups excluding carboxylic acids is 1. The van der Waals surface area contributed by atoms with E-state index in [-0.39, 0.29) is 6.03 Å². The first-order chi connectivity index (χ1) is 8.95. The van der Waals surface area contributed by atoms with E-state index in [0.717, 1.165) is 19.5 Å². The molecule has 0 spiro atoms. The summed E-state index contributed by atoms with van der Waals surface area (Å²) in [7, 11) is 0. The number of nitrogens with zero attached hydrogens (tertiary/aromatic N) is 2. The predicted molar refractivity (Wildman–Crippen MR) is 73.1 cm³/mol. The highest BCUT2D eigenvalue weighted by Gasteiger charge is 2.25. The number of aliphatic carboxylic acids is 1. The van der Waals surface area contributed by atoms with Crippen molar-refractivity contribution in [2.24, 2.45) is 0 Å². The highest BCUT2D eigenvalue weighted by Crippen LogP contribution is 2.07. The first kappa shape index (κ1) is 15.8. The topological polar surface area (TPSA) is 72.9 Å². The van der Waals surface area contributed by atoms with Crippen molar-refractivity contribution >= 4 is 12.0 Å². The largest absolute Gasteiger partial charge is 0.480 e. The summed E-state index contributed by atoms with van der Waals surface area (Å²) < 4.78 is 0. The van der Waals surface area contributed by atoms with Gasteiger partial charge in [-0.05, 0) is 20.3 Å². The Kier molecular flexibility index (Phi) is 6.08. The monoisotopic (exact) mass is 271 g/mol. The van der Waals surface area contributed by atoms with Gasteiger partial charge in [0.25, 0.3) is 0 Å². The van der Waals surface area contributed by atoms with Crippen LogP contribution in [0.2, 0.25) is 0 Å². The molecule has 6 heteroatoms. The number of hydrogen-bond acceptors (Lipinski definition) is 3. The van der Waals surface area contributed by atoms with Crippen LogP contribution in [-0.2, 0) is 4.79 Å². The third kappa shape index (κ3) is 4.70. The number of carbonyl (C=O) groups is 2.